The van der Waals surface area contributed by atoms with E-state index in [9.17, 15) is 0 Å². The lowest BCUT2D eigenvalue weighted by atomic mass is 10.3. The van der Waals surface area contributed by atoms with Gasteiger partial charge in [-0.15, -0.1) is 0 Å². The summed E-state index contributed by atoms with van der Waals surface area (Å²) in [7, 11) is 0. The molecule has 1 aromatic carbocycles. The molecule has 0 saturated carbocycles. The van der Waals surface area contributed by atoms with E-state index < -0.39 is 0 Å². The Kier molecular flexibility index (Phi) is 3.43. The van der Waals surface area contributed by atoms with Gasteiger partial charge in [-0.05, 0) is 69.8 Å². The van der Waals surface area contributed by atoms with Crippen LogP contribution in [0.2, 0.25) is 0 Å². The predicted octanol–water partition coefficient (Wildman–Crippen LogP) is 4.32. The third-order valence-corrected chi connectivity index (χ3v) is 5.82. The molecule has 0 aromatic heterocycles. The molecular formula is C6H3Br4N. The van der Waals surface area contributed by atoms with Gasteiger partial charge in [-0.3, -0.25) is 0 Å². The number of rotatable bonds is 0. The smallest absolute Gasteiger partial charge is 0.0559 e. The fourth-order valence-electron chi connectivity index (χ4n) is 0.591. The summed E-state index contributed by atoms with van der Waals surface area (Å²) in [5.41, 5.74) is 6.36. The molecule has 0 aliphatic heterocycles. The Morgan fingerprint density at radius 2 is 1.45 bits per heavy atom. The molecule has 0 amide bonds. The average molecular weight is 409 g/mol. The zero-order chi connectivity index (χ0) is 8.59. The Labute approximate surface area is 98.2 Å². The van der Waals surface area contributed by atoms with E-state index in [0.717, 1.165) is 17.9 Å². The zero-order valence-electron chi connectivity index (χ0n) is 5.17. The number of benzene rings is 1. The minimum Gasteiger partial charge on any atom is -0.398 e. The second kappa shape index (κ2) is 3.77. The van der Waals surface area contributed by atoms with Crippen molar-refractivity contribution in [3.8, 4) is 0 Å². The molecular weight excluding hydrogens is 406 g/mol. The SMILES string of the molecule is Nc1cc(Br)c(Br)c(Br)c1Br. The molecule has 0 radical (unpaired) electrons. The van der Waals surface area contributed by atoms with Crippen LogP contribution in [0.25, 0.3) is 0 Å². The molecule has 5 heteroatoms. The zero-order valence-corrected chi connectivity index (χ0v) is 11.5. The number of nitrogens with two attached hydrogens (primary N) is 1. The highest BCUT2D eigenvalue weighted by atomic mass is 79.9. The summed E-state index contributed by atoms with van der Waals surface area (Å²) in [5, 5.41) is 0. The van der Waals surface area contributed by atoms with Crippen molar-refractivity contribution in [1.29, 1.82) is 0 Å². The molecule has 1 rings (SSSR count). The monoisotopic (exact) mass is 405 g/mol. The van der Waals surface area contributed by atoms with Crippen LogP contribution in [-0.2, 0) is 0 Å². The van der Waals surface area contributed by atoms with Gasteiger partial charge in [0.25, 0.3) is 0 Å². The van der Waals surface area contributed by atoms with Crippen molar-refractivity contribution in [2.45, 2.75) is 0 Å². The first-order chi connectivity index (χ1) is 5.04. The summed E-state index contributed by atoms with van der Waals surface area (Å²) < 4.78 is 3.68. The minimum absolute atomic E-state index is 0.701. The Morgan fingerprint density at radius 3 is 2.00 bits per heavy atom. The highest BCUT2D eigenvalue weighted by molar-refractivity contribution is 9.15. The predicted molar refractivity (Wildman–Crippen MR) is 61.7 cm³/mol. The van der Waals surface area contributed by atoms with E-state index in [1.54, 1.807) is 0 Å². The highest BCUT2D eigenvalue weighted by Gasteiger charge is 2.08. The van der Waals surface area contributed by atoms with E-state index >= 15 is 0 Å². The Bertz CT molecular complexity index is 271. The molecule has 0 saturated heterocycles. The number of hydrogen-bond acceptors (Lipinski definition) is 1. The van der Waals surface area contributed by atoms with Crippen LogP contribution >= 0.6 is 63.7 Å². The van der Waals surface area contributed by atoms with E-state index in [1.807, 2.05) is 6.07 Å². The maximum atomic E-state index is 5.66. The van der Waals surface area contributed by atoms with Gasteiger partial charge in [0.05, 0.1) is 4.47 Å². The summed E-state index contributed by atoms with van der Waals surface area (Å²) in [6.45, 7) is 0. The molecule has 0 spiro atoms. The second-order valence-corrected chi connectivity index (χ2v) is 5.12. The maximum Gasteiger partial charge on any atom is 0.0559 e. The second-order valence-electron chi connectivity index (χ2n) is 1.89. The number of hydrogen-bond donors (Lipinski definition) is 1. The van der Waals surface area contributed by atoms with Crippen molar-refractivity contribution in [2.75, 3.05) is 5.73 Å². The van der Waals surface area contributed by atoms with E-state index in [4.69, 9.17) is 5.73 Å². The maximum absolute atomic E-state index is 5.66. The molecule has 0 atom stereocenters. The van der Waals surface area contributed by atoms with Gasteiger partial charge in [-0.2, -0.15) is 0 Å². The molecule has 1 aromatic rings. The van der Waals surface area contributed by atoms with Crippen LogP contribution in [-0.4, -0.2) is 0 Å². The van der Waals surface area contributed by atoms with E-state index in [-0.39, 0.29) is 0 Å². The third kappa shape index (κ3) is 1.99. The average Bonchev–Trinajstić information content (AvgIpc) is 1.97. The molecule has 11 heavy (non-hydrogen) atoms. The van der Waals surface area contributed by atoms with Gasteiger partial charge >= 0.3 is 0 Å². The molecule has 2 N–H and O–H groups in total. The van der Waals surface area contributed by atoms with Gasteiger partial charge in [0, 0.05) is 19.1 Å². The van der Waals surface area contributed by atoms with Crippen LogP contribution in [0.5, 0.6) is 0 Å². The van der Waals surface area contributed by atoms with Crippen LogP contribution in [0.4, 0.5) is 5.69 Å². The number of halogens is 4. The Hall–Kier alpha value is 0.940. The van der Waals surface area contributed by atoms with Crippen LogP contribution in [0, 0.1) is 0 Å². The third-order valence-electron chi connectivity index (χ3n) is 1.13. The summed E-state index contributed by atoms with van der Waals surface area (Å²) in [5.74, 6) is 0. The molecule has 0 heterocycles. The first-order valence-corrected chi connectivity index (χ1v) is 5.79. The normalized spacial score (nSPS) is 10.2. The molecule has 0 unspecified atom stereocenters. The lowest BCUT2D eigenvalue weighted by Crippen LogP contribution is -1.88. The first kappa shape index (κ1) is 10.0. The van der Waals surface area contributed by atoms with Gasteiger partial charge in [0.1, 0.15) is 0 Å². The van der Waals surface area contributed by atoms with E-state index in [0.29, 0.717) is 5.69 Å². The van der Waals surface area contributed by atoms with Crippen molar-refractivity contribution in [2.24, 2.45) is 0 Å². The van der Waals surface area contributed by atoms with Gasteiger partial charge in [0.2, 0.25) is 0 Å². The van der Waals surface area contributed by atoms with Gasteiger partial charge in [-0.25, -0.2) is 0 Å². The van der Waals surface area contributed by atoms with Crippen molar-refractivity contribution < 1.29 is 0 Å². The van der Waals surface area contributed by atoms with E-state index in [2.05, 4.69) is 63.7 Å². The van der Waals surface area contributed by atoms with Gasteiger partial charge < -0.3 is 5.73 Å². The molecule has 0 aliphatic rings. The first-order valence-electron chi connectivity index (χ1n) is 2.62. The van der Waals surface area contributed by atoms with Crippen LogP contribution in [0.15, 0.2) is 24.0 Å². The van der Waals surface area contributed by atoms with Crippen LogP contribution in [0.3, 0.4) is 0 Å². The van der Waals surface area contributed by atoms with E-state index in [1.165, 1.54) is 0 Å². The van der Waals surface area contributed by atoms with Crippen molar-refractivity contribution in [3.05, 3.63) is 24.0 Å². The van der Waals surface area contributed by atoms with Crippen molar-refractivity contribution >= 4 is 69.4 Å². The number of nitrogen functional groups attached to an aromatic ring is 1. The fraction of sp³-hybridized carbons (Fsp3) is 0. The Morgan fingerprint density at radius 1 is 0.909 bits per heavy atom. The highest BCUT2D eigenvalue weighted by Crippen LogP contribution is 2.39. The fourth-order valence-corrected chi connectivity index (χ4v) is 2.64. The topological polar surface area (TPSA) is 26.0 Å². The van der Waals surface area contributed by atoms with Gasteiger partial charge in [-0.1, -0.05) is 0 Å². The quantitative estimate of drug-likeness (QED) is 0.386. The van der Waals surface area contributed by atoms with Gasteiger partial charge in [0.15, 0.2) is 0 Å². The molecule has 0 aliphatic carbocycles. The summed E-state index contributed by atoms with van der Waals surface area (Å²) in [6.07, 6.45) is 0. The summed E-state index contributed by atoms with van der Waals surface area (Å²) in [4.78, 5) is 0. The number of anilines is 1. The lowest BCUT2D eigenvalue weighted by molar-refractivity contribution is 1.49. The molecule has 60 valence electrons. The standard InChI is InChI=1S/C6H3Br4N/c7-2-1-3(11)5(9)6(10)4(2)8/h1H,11H2. The minimum atomic E-state index is 0.701. The van der Waals surface area contributed by atoms with Crippen LogP contribution in [0.1, 0.15) is 0 Å². The molecule has 0 fully saturated rings. The summed E-state index contributed by atoms with van der Waals surface area (Å²) in [6, 6.07) is 1.83. The van der Waals surface area contributed by atoms with Crippen LogP contribution < -0.4 is 5.73 Å². The Balaban J connectivity index is 3.46. The molecule has 1 nitrogen and oxygen atoms in total. The van der Waals surface area contributed by atoms with Crippen molar-refractivity contribution in [3.63, 3.8) is 0 Å². The molecule has 0 bridgehead atoms. The van der Waals surface area contributed by atoms with Crippen molar-refractivity contribution in [1.82, 2.24) is 0 Å². The lowest BCUT2D eigenvalue weighted by Gasteiger charge is -2.05. The largest absolute Gasteiger partial charge is 0.398 e. The summed E-state index contributed by atoms with van der Waals surface area (Å²) >= 11 is 13.5.